The van der Waals surface area contributed by atoms with Gasteiger partial charge < -0.3 is 5.11 Å². The second-order valence-corrected chi connectivity index (χ2v) is 7.42. The number of hydrogen-bond acceptors (Lipinski definition) is 2. The zero-order valence-corrected chi connectivity index (χ0v) is 12.8. The average Bonchev–Trinajstić information content (AvgIpc) is 2.84. The van der Waals surface area contributed by atoms with Crippen molar-refractivity contribution in [3.63, 3.8) is 0 Å². The molecule has 0 bridgehead atoms. The summed E-state index contributed by atoms with van der Waals surface area (Å²) in [6.07, 6.45) is 2.98. The van der Waals surface area contributed by atoms with Crippen molar-refractivity contribution >= 4 is 21.4 Å². The third-order valence-corrected chi connectivity index (χ3v) is 6.06. The highest BCUT2D eigenvalue weighted by molar-refractivity contribution is 7.19. The standard InChI is InChI=1S/C17H21FOS/c1-10-3-4-12(7-11(10)2)17(19)16-9-13-8-14(18)5-6-15(13)20-16/h5-6,8-12,17,19H,3-4,7H2,1-2H3. The van der Waals surface area contributed by atoms with Gasteiger partial charge in [-0.25, -0.2) is 4.39 Å². The van der Waals surface area contributed by atoms with Crippen LogP contribution in [0.2, 0.25) is 0 Å². The first-order chi connectivity index (χ1) is 9.54. The minimum atomic E-state index is -0.398. The summed E-state index contributed by atoms with van der Waals surface area (Å²) >= 11 is 1.59. The van der Waals surface area contributed by atoms with Gasteiger partial charge in [-0.3, -0.25) is 0 Å². The second kappa shape index (κ2) is 5.45. The molecule has 0 radical (unpaired) electrons. The fourth-order valence-corrected chi connectivity index (χ4v) is 4.41. The number of aliphatic hydroxyl groups excluding tert-OH is 1. The molecule has 4 unspecified atom stereocenters. The quantitative estimate of drug-likeness (QED) is 0.812. The topological polar surface area (TPSA) is 20.2 Å². The SMILES string of the molecule is CC1CCC(C(O)c2cc3cc(F)ccc3s2)CC1C. The maximum atomic E-state index is 13.2. The Hall–Kier alpha value is -0.930. The smallest absolute Gasteiger partial charge is 0.123 e. The van der Waals surface area contributed by atoms with Crippen LogP contribution in [0.15, 0.2) is 24.3 Å². The summed E-state index contributed by atoms with van der Waals surface area (Å²) in [5, 5.41) is 11.5. The fraction of sp³-hybridized carbons (Fsp3) is 0.529. The maximum absolute atomic E-state index is 13.2. The molecular weight excluding hydrogens is 271 g/mol. The molecule has 1 aromatic carbocycles. The Bertz CT molecular complexity index is 606. The van der Waals surface area contributed by atoms with E-state index in [2.05, 4.69) is 13.8 Å². The Morgan fingerprint density at radius 2 is 2.00 bits per heavy atom. The normalized spacial score (nSPS) is 28.7. The molecule has 1 aliphatic rings. The van der Waals surface area contributed by atoms with Gasteiger partial charge in [0, 0.05) is 9.58 Å². The van der Waals surface area contributed by atoms with Crippen molar-refractivity contribution in [1.29, 1.82) is 0 Å². The minimum Gasteiger partial charge on any atom is -0.387 e. The lowest BCUT2D eigenvalue weighted by molar-refractivity contribution is 0.0586. The summed E-state index contributed by atoms with van der Waals surface area (Å²) in [5.41, 5.74) is 0. The highest BCUT2D eigenvalue weighted by Crippen LogP contribution is 2.42. The van der Waals surface area contributed by atoms with Crippen LogP contribution in [-0.2, 0) is 0 Å². The van der Waals surface area contributed by atoms with Crippen LogP contribution in [-0.4, -0.2) is 5.11 Å². The van der Waals surface area contributed by atoms with E-state index in [-0.39, 0.29) is 5.82 Å². The molecule has 1 heterocycles. The zero-order chi connectivity index (χ0) is 14.3. The van der Waals surface area contributed by atoms with Crippen LogP contribution in [0, 0.1) is 23.6 Å². The first-order valence-corrected chi connectivity index (χ1v) is 8.23. The van der Waals surface area contributed by atoms with E-state index in [1.807, 2.05) is 6.07 Å². The highest BCUT2D eigenvalue weighted by Gasteiger charge is 2.30. The lowest BCUT2D eigenvalue weighted by atomic mass is 9.73. The van der Waals surface area contributed by atoms with Gasteiger partial charge >= 0.3 is 0 Å². The van der Waals surface area contributed by atoms with E-state index in [0.29, 0.717) is 11.8 Å². The van der Waals surface area contributed by atoms with Gasteiger partial charge in [-0.15, -0.1) is 11.3 Å². The monoisotopic (exact) mass is 292 g/mol. The first-order valence-electron chi connectivity index (χ1n) is 7.41. The van der Waals surface area contributed by atoms with Crippen LogP contribution >= 0.6 is 11.3 Å². The number of hydrogen-bond donors (Lipinski definition) is 1. The molecule has 20 heavy (non-hydrogen) atoms. The number of halogens is 1. The van der Waals surface area contributed by atoms with Gasteiger partial charge in [0.25, 0.3) is 0 Å². The van der Waals surface area contributed by atoms with Crippen LogP contribution in [0.4, 0.5) is 4.39 Å². The largest absolute Gasteiger partial charge is 0.387 e. The molecule has 1 N–H and O–H groups in total. The summed E-state index contributed by atoms with van der Waals surface area (Å²) in [7, 11) is 0. The zero-order valence-electron chi connectivity index (χ0n) is 12.0. The van der Waals surface area contributed by atoms with Crippen molar-refractivity contribution in [2.24, 2.45) is 17.8 Å². The van der Waals surface area contributed by atoms with Crippen LogP contribution < -0.4 is 0 Å². The van der Waals surface area contributed by atoms with Crippen molar-refractivity contribution in [2.75, 3.05) is 0 Å². The summed E-state index contributed by atoms with van der Waals surface area (Å²) in [4.78, 5) is 0.984. The molecule has 0 saturated heterocycles. The van der Waals surface area contributed by atoms with Crippen LogP contribution in [0.3, 0.4) is 0 Å². The van der Waals surface area contributed by atoms with Crippen molar-refractivity contribution in [2.45, 2.75) is 39.2 Å². The Labute approximate surface area is 123 Å². The molecule has 0 amide bonds. The van der Waals surface area contributed by atoms with Gasteiger partial charge in [0.2, 0.25) is 0 Å². The molecule has 0 spiro atoms. The van der Waals surface area contributed by atoms with Gasteiger partial charge in [0.1, 0.15) is 5.82 Å². The highest BCUT2D eigenvalue weighted by atomic mass is 32.1. The minimum absolute atomic E-state index is 0.212. The Morgan fingerprint density at radius 3 is 2.75 bits per heavy atom. The molecule has 3 heteroatoms. The van der Waals surface area contributed by atoms with Crippen molar-refractivity contribution < 1.29 is 9.50 Å². The van der Waals surface area contributed by atoms with Gasteiger partial charge in [0.05, 0.1) is 6.10 Å². The van der Waals surface area contributed by atoms with Crippen molar-refractivity contribution in [3.8, 4) is 0 Å². The summed E-state index contributed by atoms with van der Waals surface area (Å²) in [6.45, 7) is 4.58. The van der Waals surface area contributed by atoms with E-state index >= 15 is 0 Å². The van der Waals surface area contributed by atoms with E-state index < -0.39 is 6.10 Å². The molecule has 1 saturated carbocycles. The Kier molecular flexibility index (Phi) is 3.83. The molecular formula is C17H21FOS. The first kappa shape index (κ1) is 14.0. The van der Waals surface area contributed by atoms with E-state index in [0.717, 1.165) is 33.7 Å². The predicted molar refractivity (Wildman–Crippen MR) is 82.4 cm³/mol. The second-order valence-electron chi connectivity index (χ2n) is 6.30. The molecule has 4 atom stereocenters. The molecule has 3 rings (SSSR count). The summed E-state index contributed by atoms with van der Waals surface area (Å²) in [5.74, 6) is 1.57. The fourth-order valence-electron chi connectivity index (χ4n) is 3.29. The molecule has 1 nitrogen and oxygen atoms in total. The van der Waals surface area contributed by atoms with E-state index in [4.69, 9.17) is 0 Å². The number of fused-ring (bicyclic) bond motifs is 1. The number of aliphatic hydroxyl groups is 1. The van der Waals surface area contributed by atoms with E-state index in [1.165, 1.54) is 12.5 Å². The number of rotatable bonds is 2. The summed E-state index contributed by atoms with van der Waals surface area (Å²) < 4.78 is 14.3. The molecule has 0 aliphatic heterocycles. The lowest BCUT2D eigenvalue weighted by Crippen LogP contribution is -2.24. The lowest BCUT2D eigenvalue weighted by Gasteiger charge is -2.34. The third-order valence-electron chi connectivity index (χ3n) is 4.87. The molecule has 1 aromatic heterocycles. The van der Waals surface area contributed by atoms with Crippen LogP contribution in [0.5, 0.6) is 0 Å². The van der Waals surface area contributed by atoms with Crippen LogP contribution in [0.1, 0.15) is 44.1 Å². The van der Waals surface area contributed by atoms with Gasteiger partial charge in [0.15, 0.2) is 0 Å². The van der Waals surface area contributed by atoms with Gasteiger partial charge in [-0.05, 0) is 60.2 Å². The van der Waals surface area contributed by atoms with Crippen molar-refractivity contribution in [3.05, 3.63) is 35.0 Å². The molecule has 1 aliphatic carbocycles. The number of benzene rings is 1. The van der Waals surface area contributed by atoms with Gasteiger partial charge in [-0.2, -0.15) is 0 Å². The molecule has 2 aromatic rings. The van der Waals surface area contributed by atoms with Crippen LogP contribution in [0.25, 0.3) is 10.1 Å². The average molecular weight is 292 g/mol. The molecule has 108 valence electrons. The van der Waals surface area contributed by atoms with Gasteiger partial charge in [-0.1, -0.05) is 20.3 Å². The predicted octanol–water partition coefficient (Wildman–Crippen LogP) is 5.15. The van der Waals surface area contributed by atoms with Crippen molar-refractivity contribution in [1.82, 2.24) is 0 Å². The third kappa shape index (κ3) is 2.61. The Balaban J connectivity index is 1.83. The maximum Gasteiger partial charge on any atom is 0.123 e. The Morgan fingerprint density at radius 1 is 1.20 bits per heavy atom. The van der Waals surface area contributed by atoms with E-state index in [9.17, 15) is 9.50 Å². The summed E-state index contributed by atoms with van der Waals surface area (Å²) in [6, 6.07) is 6.79. The molecule has 1 fully saturated rings. The van der Waals surface area contributed by atoms with E-state index in [1.54, 1.807) is 23.5 Å². The number of thiophene rings is 1.